The zero-order valence-electron chi connectivity index (χ0n) is 14.7. The molecule has 1 heterocycles. The van der Waals surface area contributed by atoms with Gasteiger partial charge in [-0.15, -0.1) is 0 Å². The van der Waals surface area contributed by atoms with Crippen LogP contribution in [-0.2, 0) is 5.60 Å². The fraction of sp³-hybridized carbons (Fsp3) is 0.300. The van der Waals surface area contributed by atoms with Crippen LogP contribution in [0.3, 0.4) is 0 Å². The Labute approximate surface area is 157 Å². The average Bonchev–Trinajstić information content (AvgIpc) is 2.92. The van der Waals surface area contributed by atoms with E-state index in [1.54, 1.807) is 60.7 Å². The van der Waals surface area contributed by atoms with E-state index in [4.69, 9.17) is 0 Å². The summed E-state index contributed by atoms with van der Waals surface area (Å²) in [5.41, 5.74) is -0.668. The predicted octanol–water partition coefficient (Wildman–Crippen LogP) is 2.65. The molecule has 142 valence electrons. The Morgan fingerprint density at radius 1 is 0.852 bits per heavy atom. The molecule has 7 nitrogen and oxygen atoms in total. The lowest BCUT2D eigenvalue weighted by molar-refractivity contribution is -0.0186. The second kappa shape index (κ2) is 7.67. The molecule has 1 aliphatic rings. The number of nitrogens with zero attached hydrogens (tertiary/aromatic N) is 2. The summed E-state index contributed by atoms with van der Waals surface area (Å²) in [6.07, 6.45) is -1.94. The monoisotopic (exact) mass is 370 g/mol. The Morgan fingerprint density at radius 3 is 1.81 bits per heavy atom. The Hall–Kier alpha value is -3.06. The van der Waals surface area contributed by atoms with Crippen LogP contribution in [0.2, 0.25) is 0 Å². The molecule has 2 aromatic carbocycles. The lowest BCUT2D eigenvalue weighted by Gasteiger charge is -2.42. The van der Waals surface area contributed by atoms with Gasteiger partial charge in [-0.25, -0.2) is 9.59 Å². The van der Waals surface area contributed by atoms with Crippen molar-refractivity contribution in [3.8, 4) is 0 Å². The van der Waals surface area contributed by atoms with Crippen molar-refractivity contribution in [2.45, 2.75) is 18.1 Å². The quantitative estimate of drug-likeness (QED) is 0.771. The third-order valence-corrected chi connectivity index (χ3v) is 5.02. The standard InChI is InChI=1S/C20H22N2O5/c23-18(24)21-12-7-13-22(19(25)26)17(14-21)20(27,15-8-3-1-4-9-15)16-10-5-2-6-11-16/h1-6,8-11,17,27H,7,12-14H2,(H,23,24)(H,25,26). The van der Waals surface area contributed by atoms with E-state index in [2.05, 4.69) is 0 Å². The second-order valence-electron chi connectivity index (χ2n) is 6.57. The minimum absolute atomic E-state index is 0.123. The number of carboxylic acid groups (broad SMARTS) is 2. The molecule has 0 bridgehead atoms. The van der Waals surface area contributed by atoms with Gasteiger partial charge in [0.2, 0.25) is 0 Å². The zero-order chi connectivity index (χ0) is 19.4. The van der Waals surface area contributed by atoms with Crippen molar-refractivity contribution in [1.29, 1.82) is 0 Å². The highest BCUT2D eigenvalue weighted by Crippen LogP contribution is 2.37. The minimum Gasteiger partial charge on any atom is -0.465 e. The van der Waals surface area contributed by atoms with Gasteiger partial charge in [-0.1, -0.05) is 60.7 Å². The third-order valence-electron chi connectivity index (χ3n) is 5.02. The molecular formula is C20H22N2O5. The maximum atomic E-state index is 12.0. The van der Waals surface area contributed by atoms with E-state index >= 15 is 0 Å². The van der Waals surface area contributed by atoms with Crippen LogP contribution in [-0.4, -0.2) is 63.0 Å². The molecule has 0 radical (unpaired) electrons. The molecule has 0 spiro atoms. The van der Waals surface area contributed by atoms with E-state index in [0.717, 1.165) is 4.90 Å². The summed E-state index contributed by atoms with van der Waals surface area (Å²) < 4.78 is 0. The summed E-state index contributed by atoms with van der Waals surface area (Å²) in [6.45, 7) is 0.239. The van der Waals surface area contributed by atoms with Crippen molar-refractivity contribution in [1.82, 2.24) is 9.80 Å². The highest BCUT2D eigenvalue weighted by Gasteiger charge is 2.47. The molecule has 3 rings (SSSR count). The van der Waals surface area contributed by atoms with Crippen LogP contribution in [0.1, 0.15) is 17.5 Å². The summed E-state index contributed by atoms with van der Waals surface area (Å²) in [6, 6.07) is 16.6. The van der Waals surface area contributed by atoms with Gasteiger partial charge in [-0.2, -0.15) is 0 Å². The molecule has 0 aliphatic carbocycles. The fourth-order valence-corrected chi connectivity index (χ4v) is 3.68. The first-order chi connectivity index (χ1) is 12.9. The molecule has 7 heteroatoms. The normalized spacial score (nSPS) is 18.0. The SMILES string of the molecule is O=C(O)N1CCCN(C(=O)O)C(C(O)(c2ccccc2)c2ccccc2)C1. The first kappa shape index (κ1) is 18.7. The number of rotatable bonds is 3. The second-order valence-corrected chi connectivity index (χ2v) is 6.57. The van der Waals surface area contributed by atoms with Gasteiger partial charge < -0.3 is 20.2 Å². The molecule has 2 aromatic rings. The van der Waals surface area contributed by atoms with Gasteiger partial charge in [-0.05, 0) is 17.5 Å². The number of benzene rings is 2. The molecule has 1 fully saturated rings. The summed E-state index contributed by atoms with van der Waals surface area (Å²) in [5.74, 6) is 0. The van der Waals surface area contributed by atoms with Crippen LogP contribution >= 0.6 is 0 Å². The summed E-state index contributed by atoms with van der Waals surface area (Å²) in [5, 5.41) is 31.2. The number of amides is 2. The van der Waals surface area contributed by atoms with E-state index in [9.17, 15) is 24.9 Å². The first-order valence-electron chi connectivity index (χ1n) is 8.75. The maximum Gasteiger partial charge on any atom is 0.407 e. The minimum atomic E-state index is -1.70. The lowest BCUT2D eigenvalue weighted by Crippen LogP contribution is -2.57. The summed E-state index contributed by atoms with van der Waals surface area (Å²) >= 11 is 0. The van der Waals surface area contributed by atoms with Crippen LogP contribution in [0.4, 0.5) is 9.59 Å². The van der Waals surface area contributed by atoms with E-state index < -0.39 is 23.8 Å². The number of aliphatic hydroxyl groups is 1. The van der Waals surface area contributed by atoms with E-state index in [0.29, 0.717) is 17.5 Å². The van der Waals surface area contributed by atoms with Crippen molar-refractivity contribution in [2.75, 3.05) is 19.6 Å². The third kappa shape index (κ3) is 3.59. The molecule has 1 unspecified atom stereocenters. The Bertz CT molecular complexity index is 757. The number of carbonyl (C=O) groups is 2. The van der Waals surface area contributed by atoms with Crippen molar-refractivity contribution < 1.29 is 24.9 Å². The van der Waals surface area contributed by atoms with E-state index in [-0.39, 0.29) is 19.6 Å². The number of hydrogen-bond donors (Lipinski definition) is 3. The maximum absolute atomic E-state index is 12.0. The molecular weight excluding hydrogens is 348 g/mol. The predicted molar refractivity (Wildman–Crippen MR) is 98.6 cm³/mol. The molecule has 3 N–H and O–H groups in total. The van der Waals surface area contributed by atoms with Gasteiger partial charge in [0.15, 0.2) is 0 Å². The molecule has 1 saturated heterocycles. The van der Waals surface area contributed by atoms with Gasteiger partial charge in [-0.3, -0.25) is 4.90 Å². The van der Waals surface area contributed by atoms with Crippen molar-refractivity contribution >= 4 is 12.2 Å². The lowest BCUT2D eigenvalue weighted by atomic mass is 9.79. The van der Waals surface area contributed by atoms with Crippen LogP contribution in [0.25, 0.3) is 0 Å². The Kier molecular flexibility index (Phi) is 5.32. The molecule has 0 aromatic heterocycles. The van der Waals surface area contributed by atoms with Crippen molar-refractivity contribution in [2.24, 2.45) is 0 Å². The van der Waals surface area contributed by atoms with E-state index in [1.165, 1.54) is 4.90 Å². The van der Waals surface area contributed by atoms with Crippen LogP contribution < -0.4 is 0 Å². The van der Waals surface area contributed by atoms with Gasteiger partial charge in [0.1, 0.15) is 5.60 Å². The topological polar surface area (TPSA) is 101 Å². The fourth-order valence-electron chi connectivity index (χ4n) is 3.68. The smallest absolute Gasteiger partial charge is 0.407 e. The molecule has 27 heavy (non-hydrogen) atoms. The van der Waals surface area contributed by atoms with Crippen molar-refractivity contribution in [3.63, 3.8) is 0 Å². The molecule has 1 atom stereocenters. The first-order valence-corrected chi connectivity index (χ1v) is 8.75. The average molecular weight is 370 g/mol. The zero-order valence-corrected chi connectivity index (χ0v) is 14.7. The van der Waals surface area contributed by atoms with E-state index in [1.807, 2.05) is 0 Å². The largest absolute Gasteiger partial charge is 0.465 e. The molecule has 2 amide bonds. The van der Waals surface area contributed by atoms with Crippen molar-refractivity contribution in [3.05, 3.63) is 71.8 Å². The van der Waals surface area contributed by atoms with Gasteiger partial charge in [0, 0.05) is 19.6 Å². The number of hydrogen-bond acceptors (Lipinski definition) is 3. The Balaban J connectivity index is 2.18. The van der Waals surface area contributed by atoms with Gasteiger partial charge in [0.05, 0.1) is 6.04 Å². The molecule has 0 saturated carbocycles. The van der Waals surface area contributed by atoms with Gasteiger partial charge >= 0.3 is 12.2 Å². The Morgan fingerprint density at radius 2 is 1.37 bits per heavy atom. The molecule has 1 aliphatic heterocycles. The summed E-state index contributed by atoms with van der Waals surface area (Å²) in [4.78, 5) is 25.9. The highest BCUT2D eigenvalue weighted by atomic mass is 16.4. The van der Waals surface area contributed by atoms with Gasteiger partial charge in [0.25, 0.3) is 0 Å². The van der Waals surface area contributed by atoms with Crippen LogP contribution in [0.5, 0.6) is 0 Å². The highest BCUT2D eigenvalue weighted by molar-refractivity contribution is 5.68. The van der Waals surface area contributed by atoms with Crippen LogP contribution in [0, 0.1) is 0 Å². The van der Waals surface area contributed by atoms with Crippen LogP contribution in [0.15, 0.2) is 60.7 Å². The summed E-state index contributed by atoms with van der Waals surface area (Å²) in [7, 11) is 0.